The molecular weight excluding hydrogens is 818 g/mol. The number of halogens is 2. The monoisotopic (exact) mass is 857 g/mol. The molecule has 0 aromatic heterocycles. The molecule has 7 atom stereocenters. The van der Waals surface area contributed by atoms with Gasteiger partial charge in [-0.05, 0) is 92.3 Å². The lowest BCUT2D eigenvalue weighted by Gasteiger charge is -2.44. The van der Waals surface area contributed by atoms with Gasteiger partial charge in [0, 0.05) is 21.7 Å². The van der Waals surface area contributed by atoms with E-state index in [0.717, 1.165) is 20.1 Å². The molecule has 2 heterocycles. The minimum atomic E-state index is -1.45. The number of esters is 3. The minimum Gasteiger partial charge on any atom is -0.462 e. The number of aliphatic hydroxyl groups is 1. The van der Waals surface area contributed by atoms with Crippen LogP contribution >= 0.6 is 31.9 Å². The van der Waals surface area contributed by atoms with Crippen LogP contribution < -0.4 is 5.32 Å². The van der Waals surface area contributed by atoms with Crippen LogP contribution in [0.1, 0.15) is 41.3 Å². The summed E-state index contributed by atoms with van der Waals surface area (Å²) in [5.74, 6) is -3.08. The van der Waals surface area contributed by atoms with Crippen LogP contribution in [0.5, 0.6) is 0 Å². The molecule has 0 saturated carbocycles. The molecule has 53 heavy (non-hydrogen) atoms. The number of carbonyl (C=O) groups excluding carboxylic acids is 4. The molecule has 3 aromatic carbocycles. The summed E-state index contributed by atoms with van der Waals surface area (Å²) in [5, 5.41) is 13.0. The van der Waals surface area contributed by atoms with E-state index in [1.165, 1.54) is 31.4 Å². The fourth-order valence-electron chi connectivity index (χ4n) is 6.20. The predicted molar refractivity (Wildman–Crippen MR) is 200 cm³/mol. The van der Waals surface area contributed by atoms with Gasteiger partial charge in [0.25, 0.3) is 0 Å². The van der Waals surface area contributed by atoms with Crippen LogP contribution in [0.2, 0.25) is 0 Å². The number of methoxy groups -OCH3 is 1. The summed E-state index contributed by atoms with van der Waals surface area (Å²) in [6, 6.07) is 21.1. The lowest BCUT2D eigenvalue weighted by Crippen LogP contribution is -2.63. The number of anilines is 1. The molecule has 3 aromatic rings. The highest BCUT2D eigenvalue weighted by molar-refractivity contribution is 9.10. The van der Waals surface area contributed by atoms with E-state index in [-0.39, 0.29) is 17.9 Å². The zero-order valence-electron chi connectivity index (χ0n) is 29.2. The minimum absolute atomic E-state index is 0.208. The Labute approximate surface area is 324 Å². The maximum Gasteiger partial charge on any atom is 0.412 e. The van der Waals surface area contributed by atoms with Crippen molar-refractivity contribution in [1.82, 2.24) is 0 Å². The Morgan fingerprint density at radius 3 is 1.92 bits per heavy atom. The second-order valence-corrected chi connectivity index (χ2v) is 14.4. The topological polar surface area (TPSA) is 156 Å². The molecule has 0 bridgehead atoms. The second kappa shape index (κ2) is 19.3. The third-order valence-electron chi connectivity index (χ3n) is 8.81. The Balaban J connectivity index is 1.47. The zero-order chi connectivity index (χ0) is 37.9. The Bertz CT molecular complexity index is 1770. The normalized spacial score (nSPS) is 25.3. The highest BCUT2D eigenvalue weighted by Crippen LogP contribution is 2.32. The van der Waals surface area contributed by atoms with Gasteiger partial charge >= 0.3 is 24.0 Å². The summed E-state index contributed by atoms with van der Waals surface area (Å²) in [6.07, 6.45) is -2.78. The molecule has 0 spiro atoms. The van der Waals surface area contributed by atoms with E-state index in [0.29, 0.717) is 25.7 Å². The molecule has 1 fully saturated rings. The van der Waals surface area contributed by atoms with Crippen molar-refractivity contribution in [2.75, 3.05) is 25.6 Å². The molecule has 0 aliphatic carbocycles. The van der Waals surface area contributed by atoms with E-state index in [2.05, 4.69) is 37.2 Å². The quantitative estimate of drug-likeness (QED) is 0.129. The van der Waals surface area contributed by atoms with E-state index in [9.17, 15) is 24.3 Å². The number of benzene rings is 3. The van der Waals surface area contributed by atoms with Crippen LogP contribution in [0.15, 0.2) is 93.9 Å². The molecule has 2 aliphatic rings. The van der Waals surface area contributed by atoms with Gasteiger partial charge in [0.05, 0.1) is 30.6 Å². The van der Waals surface area contributed by atoms with Gasteiger partial charge in [-0.25, -0.2) is 9.59 Å². The average molecular weight is 860 g/mol. The first-order chi connectivity index (χ1) is 25.6. The molecule has 1 amide bonds. The van der Waals surface area contributed by atoms with Crippen LogP contribution in [-0.4, -0.2) is 80.1 Å². The molecule has 5 rings (SSSR count). The van der Waals surface area contributed by atoms with Gasteiger partial charge in [-0.1, -0.05) is 68.3 Å². The zero-order valence-corrected chi connectivity index (χ0v) is 32.3. The van der Waals surface area contributed by atoms with E-state index in [1.54, 1.807) is 6.92 Å². The number of amides is 1. The Morgan fingerprint density at radius 2 is 1.42 bits per heavy atom. The summed E-state index contributed by atoms with van der Waals surface area (Å²) in [7, 11) is 1.33. The largest absolute Gasteiger partial charge is 0.462 e. The molecule has 12 nitrogen and oxygen atoms in total. The molecule has 2 N–H and O–H groups in total. The second-order valence-electron chi connectivity index (χ2n) is 12.6. The first-order valence-electron chi connectivity index (χ1n) is 17.2. The average Bonchev–Trinajstić information content (AvgIpc) is 3.13. The lowest BCUT2D eigenvalue weighted by atomic mass is 9.92. The number of hydrogen-bond acceptors (Lipinski definition) is 11. The number of fused-ring (bicyclic) bond motifs is 1. The third kappa shape index (κ3) is 11.0. The Kier molecular flexibility index (Phi) is 14.6. The van der Waals surface area contributed by atoms with E-state index in [1.807, 2.05) is 60.7 Å². The van der Waals surface area contributed by atoms with Crippen molar-refractivity contribution in [2.45, 2.75) is 63.3 Å². The van der Waals surface area contributed by atoms with E-state index >= 15 is 0 Å². The van der Waals surface area contributed by atoms with E-state index < -0.39 is 73.1 Å². The maximum absolute atomic E-state index is 14.1. The highest BCUT2D eigenvalue weighted by atomic mass is 79.9. The van der Waals surface area contributed by atoms with E-state index in [4.69, 9.17) is 28.4 Å². The smallest absolute Gasteiger partial charge is 0.412 e. The lowest BCUT2D eigenvalue weighted by molar-refractivity contribution is -0.300. The molecule has 0 radical (unpaired) electrons. The van der Waals surface area contributed by atoms with Gasteiger partial charge in [0.15, 0.2) is 24.6 Å². The van der Waals surface area contributed by atoms with Crippen molar-refractivity contribution in [3.05, 3.63) is 111 Å². The van der Waals surface area contributed by atoms with Gasteiger partial charge in [0.1, 0.15) is 6.10 Å². The van der Waals surface area contributed by atoms with Crippen LogP contribution in [-0.2, 0) is 50.9 Å². The number of rotatable bonds is 10. The number of carbonyl (C=O) groups is 4. The van der Waals surface area contributed by atoms with Crippen LogP contribution in [0.25, 0.3) is 0 Å². The van der Waals surface area contributed by atoms with Crippen molar-refractivity contribution in [3.8, 4) is 0 Å². The van der Waals surface area contributed by atoms with Gasteiger partial charge in [0.2, 0.25) is 0 Å². The van der Waals surface area contributed by atoms with Gasteiger partial charge < -0.3 is 33.5 Å². The summed E-state index contributed by atoms with van der Waals surface area (Å²) >= 11 is 6.98. The summed E-state index contributed by atoms with van der Waals surface area (Å²) in [5.41, 5.74) is 2.35. The summed E-state index contributed by atoms with van der Waals surface area (Å²) < 4.78 is 36.3. The number of hydrogen-bond donors (Lipinski definition) is 2. The van der Waals surface area contributed by atoms with Crippen LogP contribution in [0, 0.1) is 11.8 Å². The maximum atomic E-state index is 14.1. The van der Waals surface area contributed by atoms with Crippen molar-refractivity contribution in [3.63, 3.8) is 0 Å². The van der Waals surface area contributed by atoms with Gasteiger partial charge in [-0.3, -0.25) is 14.9 Å². The first kappa shape index (κ1) is 40.1. The van der Waals surface area contributed by atoms with Gasteiger partial charge in [-0.15, -0.1) is 0 Å². The predicted octanol–water partition coefficient (Wildman–Crippen LogP) is 6.56. The van der Waals surface area contributed by atoms with Crippen molar-refractivity contribution in [1.29, 1.82) is 0 Å². The summed E-state index contributed by atoms with van der Waals surface area (Å²) in [6.45, 7) is 1.25. The molecule has 1 saturated heterocycles. The number of ether oxygens (including phenoxy) is 6. The molecule has 282 valence electrons. The number of nitrogens with one attached hydrogen (secondary N) is 1. The number of allylic oxidation sites excluding steroid dienone is 2. The van der Waals surface area contributed by atoms with Crippen molar-refractivity contribution >= 4 is 61.5 Å². The fourth-order valence-corrected chi connectivity index (χ4v) is 7.09. The fraction of sp³-hybridized carbons (Fsp3) is 0.385. The van der Waals surface area contributed by atoms with Crippen molar-refractivity contribution < 1.29 is 52.7 Å². The molecule has 2 aliphatic heterocycles. The summed E-state index contributed by atoms with van der Waals surface area (Å²) in [4.78, 5) is 53.5. The van der Waals surface area contributed by atoms with Crippen molar-refractivity contribution in [2.24, 2.45) is 11.8 Å². The Hall–Kier alpha value is -4.08. The SMILES string of the molecule is CCOC(=O)c1ccc(NC(=O)O[C@H]2[C@@H]3OC(=O)[C@H](Cc4cccc(Br)c4)C/C=C/C[C@@H](Cc4cccc(Br)c4)C(=O)O[C@H]3[C@@H](OC)O[C@@H]2CO)cc1. The van der Waals surface area contributed by atoms with Crippen LogP contribution in [0.3, 0.4) is 0 Å². The Morgan fingerprint density at radius 1 is 0.849 bits per heavy atom. The first-order valence-corrected chi connectivity index (χ1v) is 18.8. The standard InChI is InChI=1S/C39H41Br2NO11/c1-3-49-35(44)25-14-16-30(17-15-25)42-39(47)53-32-31(22-43)50-38(48-2)34-33(32)51-36(45)26(18-23-8-6-12-28(40)20-23)10-4-5-11-27(37(46)52-34)19-24-9-7-13-29(41)21-24/h4-9,12-17,20-21,26-27,31-34,38,43H,3,10-11,18-19,22H2,1-2H3,(H,42,47)/b5-4+/t26-,27-,31+,32+,33-,34+,38-/m0/s1. The molecule has 0 unspecified atom stereocenters. The number of aliphatic hydroxyl groups excluding tert-OH is 1. The van der Waals surface area contributed by atoms with Gasteiger partial charge in [-0.2, -0.15) is 0 Å². The highest BCUT2D eigenvalue weighted by Gasteiger charge is 2.53. The molecule has 14 heteroatoms. The van der Waals surface area contributed by atoms with Crippen LogP contribution in [0.4, 0.5) is 10.5 Å². The molecular formula is C39H41Br2NO11. The third-order valence-corrected chi connectivity index (χ3v) is 9.80.